The molecule has 2 rings (SSSR count). The number of carbonyl (C=O) groups is 1. The van der Waals surface area contributed by atoms with Gasteiger partial charge in [0.2, 0.25) is 0 Å². The number of hydrogen-bond acceptors (Lipinski definition) is 3. The minimum absolute atomic E-state index is 0.104. The van der Waals surface area contributed by atoms with E-state index in [2.05, 4.69) is 29.1 Å². The molecule has 0 aromatic carbocycles. The quantitative estimate of drug-likeness (QED) is 0.803. The van der Waals surface area contributed by atoms with Crippen molar-refractivity contribution in [1.29, 1.82) is 0 Å². The molecular weight excluding hydrogens is 252 g/mol. The minimum atomic E-state index is -0.198. The van der Waals surface area contributed by atoms with Gasteiger partial charge in [-0.05, 0) is 30.7 Å². The number of amides is 1. The number of pyridine rings is 1. The van der Waals surface area contributed by atoms with Crippen LogP contribution in [0.4, 0.5) is 0 Å². The molecule has 1 heterocycles. The number of aliphatic hydroxyl groups is 1. The van der Waals surface area contributed by atoms with Gasteiger partial charge >= 0.3 is 0 Å². The van der Waals surface area contributed by atoms with Crippen LogP contribution in [-0.2, 0) is 0 Å². The standard InChI is InChI=1S/C16H20N2O2/c1-2-5-16(6-7-16)12-18-15(20)14-9-13(4-3-8-19)10-17-11-14/h9-11,19H,2,5-8,12H2,1H3,(H,18,20). The normalized spacial score (nSPS) is 15.1. The maximum atomic E-state index is 12.1. The number of carbonyl (C=O) groups excluding carboxylic acids is 1. The first-order valence-electron chi connectivity index (χ1n) is 7.02. The first-order chi connectivity index (χ1) is 9.69. The molecule has 0 unspecified atom stereocenters. The van der Waals surface area contributed by atoms with E-state index in [4.69, 9.17) is 5.11 Å². The molecule has 1 aliphatic carbocycles. The van der Waals surface area contributed by atoms with Crippen molar-refractivity contribution < 1.29 is 9.90 Å². The van der Waals surface area contributed by atoms with E-state index in [9.17, 15) is 4.79 Å². The van der Waals surface area contributed by atoms with E-state index in [0.29, 0.717) is 16.5 Å². The summed E-state index contributed by atoms with van der Waals surface area (Å²) in [6, 6.07) is 1.70. The monoisotopic (exact) mass is 272 g/mol. The van der Waals surface area contributed by atoms with Crippen molar-refractivity contribution >= 4 is 5.91 Å². The Morgan fingerprint density at radius 3 is 2.95 bits per heavy atom. The maximum Gasteiger partial charge on any atom is 0.252 e. The predicted octanol–water partition coefficient (Wildman–Crippen LogP) is 1.74. The minimum Gasteiger partial charge on any atom is -0.384 e. The maximum absolute atomic E-state index is 12.1. The largest absolute Gasteiger partial charge is 0.384 e. The number of nitrogens with zero attached hydrogens (tertiary/aromatic N) is 1. The van der Waals surface area contributed by atoms with Crippen LogP contribution in [0.1, 0.15) is 48.5 Å². The highest BCUT2D eigenvalue weighted by Gasteiger charge is 2.41. The van der Waals surface area contributed by atoms with E-state index in [-0.39, 0.29) is 12.5 Å². The molecule has 0 radical (unpaired) electrons. The average Bonchev–Trinajstić information content (AvgIpc) is 3.23. The molecule has 0 aliphatic heterocycles. The van der Waals surface area contributed by atoms with Crippen molar-refractivity contribution in [2.45, 2.75) is 32.6 Å². The highest BCUT2D eigenvalue weighted by atomic mass is 16.2. The van der Waals surface area contributed by atoms with Crippen LogP contribution in [0.5, 0.6) is 0 Å². The van der Waals surface area contributed by atoms with E-state index >= 15 is 0 Å². The first kappa shape index (κ1) is 14.5. The molecule has 1 amide bonds. The number of nitrogens with one attached hydrogen (secondary N) is 1. The second kappa shape index (κ2) is 6.53. The molecular formula is C16H20N2O2. The molecule has 20 heavy (non-hydrogen) atoms. The predicted molar refractivity (Wildman–Crippen MR) is 77.1 cm³/mol. The lowest BCUT2D eigenvalue weighted by Crippen LogP contribution is -2.30. The molecule has 2 N–H and O–H groups in total. The summed E-state index contributed by atoms with van der Waals surface area (Å²) in [5, 5.41) is 11.7. The average molecular weight is 272 g/mol. The molecule has 0 atom stereocenters. The lowest BCUT2D eigenvalue weighted by Gasteiger charge is -2.14. The zero-order valence-corrected chi connectivity index (χ0v) is 11.8. The van der Waals surface area contributed by atoms with E-state index in [1.54, 1.807) is 18.5 Å². The van der Waals surface area contributed by atoms with Gasteiger partial charge in [-0.3, -0.25) is 9.78 Å². The smallest absolute Gasteiger partial charge is 0.252 e. The van der Waals surface area contributed by atoms with Gasteiger partial charge in [-0.25, -0.2) is 0 Å². The Balaban J connectivity index is 1.95. The number of aliphatic hydroxyl groups excluding tert-OH is 1. The molecule has 0 saturated heterocycles. The van der Waals surface area contributed by atoms with Gasteiger partial charge in [0, 0.05) is 24.5 Å². The second-order valence-corrected chi connectivity index (χ2v) is 5.35. The Morgan fingerprint density at radius 2 is 2.30 bits per heavy atom. The van der Waals surface area contributed by atoms with Crippen LogP contribution in [-0.4, -0.2) is 29.1 Å². The van der Waals surface area contributed by atoms with Crippen molar-refractivity contribution in [3.05, 3.63) is 29.6 Å². The van der Waals surface area contributed by atoms with Gasteiger partial charge in [0.15, 0.2) is 0 Å². The van der Waals surface area contributed by atoms with E-state index in [1.807, 2.05) is 0 Å². The second-order valence-electron chi connectivity index (χ2n) is 5.35. The van der Waals surface area contributed by atoms with Gasteiger partial charge in [-0.1, -0.05) is 25.2 Å². The van der Waals surface area contributed by atoms with Crippen LogP contribution >= 0.6 is 0 Å². The van der Waals surface area contributed by atoms with Gasteiger partial charge in [-0.2, -0.15) is 0 Å². The fourth-order valence-corrected chi connectivity index (χ4v) is 2.37. The SMILES string of the molecule is CCCC1(CNC(=O)c2cncc(C#CCO)c2)CC1. The summed E-state index contributed by atoms with van der Waals surface area (Å²) in [6.45, 7) is 2.72. The Hall–Kier alpha value is -1.86. The molecule has 1 aromatic rings. The number of aromatic nitrogens is 1. The first-order valence-corrected chi connectivity index (χ1v) is 7.02. The van der Waals surface area contributed by atoms with Crippen molar-refractivity contribution in [1.82, 2.24) is 10.3 Å². The summed E-state index contributed by atoms with van der Waals surface area (Å²) in [6.07, 6.45) is 7.87. The van der Waals surface area contributed by atoms with E-state index < -0.39 is 0 Å². The summed E-state index contributed by atoms with van der Waals surface area (Å²) in [7, 11) is 0. The molecule has 1 saturated carbocycles. The van der Waals surface area contributed by atoms with Crippen LogP contribution in [0, 0.1) is 17.3 Å². The molecule has 0 bridgehead atoms. The Morgan fingerprint density at radius 1 is 1.50 bits per heavy atom. The molecule has 1 fully saturated rings. The topological polar surface area (TPSA) is 62.2 Å². The molecule has 1 aromatic heterocycles. The summed E-state index contributed by atoms with van der Waals surface area (Å²) < 4.78 is 0. The van der Waals surface area contributed by atoms with Crippen molar-refractivity contribution in [2.24, 2.45) is 5.41 Å². The molecule has 0 spiro atoms. The third-order valence-electron chi connectivity index (χ3n) is 3.67. The molecule has 4 nitrogen and oxygen atoms in total. The molecule has 1 aliphatic rings. The summed E-state index contributed by atoms with van der Waals surface area (Å²) >= 11 is 0. The fourth-order valence-electron chi connectivity index (χ4n) is 2.37. The zero-order chi connectivity index (χ0) is 14.4. The molecule has 4 heteroatoms. The number of rotatable bonds is 5. The van der Waals surface area contributed by atoms with E-state index in [1.165, 1.54) is 19.3 Å². The van der Waals surface area contributed by atoms with Gasteiger partial charge in [0.05, 0.1) is 5.56 Å². The van der Waals surface area contributed by atoms with Crippen molar-refractivity contribution in [3.63, 3.8) is 0 Å². The highest BCUT2D eigenvalue weighted by Crippen LogP contribution is 2.48. The van der Waals surface area contributed by atoms with Crippen LogP contribution in [0.3, 0.4) is 0 Å². The lowest BCUT2D eigenvalue weighted by molar-refractivity contribution is 0.0943. The summed E-state index contributed by atoms with van der Waals surface area (Å²) in [5.41, 5.74) is 1.50. The van der Waals surface area contributed by atoms with Gasteiger partial charge in [0.1, 0.15) is 6.61 Å². The third-order valence-corrected chi connectivity index (χ3v) is 3.67. The Kier molecular flexibility index (Phi) is 4.75. The van der Waals surface area contributed by atoms with Crippen LogP contribution < -0.4 is 5.32 Å². The Labute approximate surface area is 119 Å². The van der Waals surface area contributed by atoms with Crippen LogP contribution in [0.15, 0.2) is 18.5 Å². The van der Waals surface area contributed by atoms with Crippen molar-refractivity contribution in [2.75, 3.05) is 13.2 Å². The van der Waals surface area contributed by atoms with Crippen LogP contribution in [0.25, 0.3) is 0 Å². The zero-order valence-electron chi connectivity index (χ0n) is 11.8. The van der Waals surface area contributed by atoms with Gasteiger partial charge < -0.3 is 10.4 Å². The fraction of sp³-hybridized carbons (Fsp3) is 0.500. The molecule has 106 valence electrons. The van der Waals surface area contributed by atoms with Crippen molar-refractivity contribution in [3.8, 4) is 11.8 Å². The summed E-state index contributed by atoms with van der Waals surface area (Å²) in [4.78, 5) is 16.1. The highest BCUT2D eigenvalue weighted by molar-refractivity contribution is 5.94. The van der Waals surface area contributed by atoms with E-state index in [0.717, 1.165) is 13.0 Å². The summed E-state index contributed by atoms with van der Waals surface area (Å²) in [5.74, 6) is 5.20. The lowest BCUT2D eigenvalue weighted by atomic mass is 10.0. The Bertz CT molecular complexity index is 539. The van der Waals surface area contributed by atoms with Gasteiger partial charge in [-0.15, -0.1) is 0 Å². The number of hydrogen-bond donors (Lipinski definition) is 2. The third kappa shape index (κ3) is 3.82. The van der Waals surface area contributed by atoms with Crippen LogP contribution in [0.2, 0.25) is 0 Å². The van der Waals surface area contributed by atoms with Gasteiger partial charge in [0.25, 0.3) is 5.91 Å².